The van der Waals surface area contributed by atoms with Crippen molar-refractivity contribution in [3.63, 3.8) is 0 Å². The van der Waals surface area contributed by atoms with Crippen LogP contribution in [0.3, 0.4) is 0 Å². The van der Waals surface area contributed by atoms with Crippen molar-refractivity contribution in [1.29, 1.82) is 0 Å². The number of nitrogens with one attached hydrogen (secondary N) is 1. The summed E-state index contributed by atoms with van der Waals surface area (Å²) in [6, 6.07) is 5.20. The van der Waals surface area contributed by atoms with Crippen LogP contribution in [0.5, 0.6) is 0 Å². The number of hydrogen-bond acceptors (Lipinski definition) is 1. The van der Waals surface area contributed by atoms with E-state index in [2.05, 4.69) is 41.2 Å². The summed E-state index contributed by atoms with van der Waals surface area (Å²) in [6.07, 6.45) is 5.35. The fourth-order valence-corrected chi connectivity index (χ4v) is 2.19. The Hall–Kier alpha value is -0.670. The van der Waals surface area contributed by atoms with Crippen LogP contribution in [0, 0.1) is 5.82 Å². The first-order chi connectivity index (χ1) is 8.63. The summed E-state index contributed by atoms with van der Waals surface area (Å²) in [5.41, 5.74) is 2.46. The van der Waals surface area contributed by atoms with Gasteiger partial charge >= 0.3 is 0 Å². The fraction of sp³-hybridized carbons (Fsp3) is 0.467. The molecule has 0 aliphatic carbocycles. The monoisotopic (exact) mass is 313 g/mol. The van der Waals surface area contributed by atoms with E-state index >= 15 is 0 Å². The van der Waals surface area contributed by atoms with E-state index in [0.29, 0.717) is 4.47 Å². The third kappa shape index (κ3) is 5.78. The van der Waals surface area contributed by atoms with Gasteiger partial charge in [-0.2, -0.15) is 0 Å². The normalized spacial score (nSPS) is 11.9. The molecular weight excluding hydrogens is 293 g/mol. The molecule has 100 valence electrons. The topological polar surface area (TPSA) is 12.0 Å². The summed E-state index contributed by atoms with van der Waals surface area (Å²) in [4.78, 5) is 0. The first-order valence-electron chi connectivity index (χ1n) is 6.43. The maximum Gasteiger partial charge on any atom is 0.137 e. The second kappa shape index (κ2) is 8.44. The highest BCUT2D eigenvalue weighted by molar-refractivity contribution is 9.10. The molecule has 3 heteroatoms. The maximum atomic E-state index is 13.1. The van der Waals surface area contributed by atoms with E-state index in [-0.39, 0.29) is 5.82 Å². The second-order valence-corrected chi connectivity index (χ2v) is 5.37. The average molecular weight is 314 g/mol. The summed E-state index contributed by atoms with van der Waals surface area (Å²) in [5, 5.41) is 3.37. The van der Waals surface area contributed by atoms with Crippen molar-refractivity contribution in [3.8, 4) is 0 Å². The molecule has 0 radical (unpaired) electrons. The molecule has 0 unspecified atom stereocenters. The van der Waals surface area contributed by atoms with Gasteiger partial charge in [0.05, 0.1) is 4.47 Å². The molecule has 0 aliphatic heterocycles. The molecule has 0 bridgehead atoms. The number of hydrogen-bond donors (Lipinski definition) is 1. The number of rotatable bonds is 7. The smallest absolute Gasteiger partial charge is 0.137 e. The molecule has 0 saturated heterocycles. The van der Waals surface area contributed by atoms with Crippen molar-refractivity contribution in [2.75, 3.05) is 13.1 Å². The van der Waals surface area contributed by atoms with Gasteiger partial charge in [0, 0.05) is 0 Å². The third-order valence-electron chi connectivity index (χ3n) is 2.71. The van der Waals surface area contributed by atoms with Crippen LogP contribution in [0.2, 0.25) is 0 Å². The molecule has 1 N–H and O–H groups in total. The minimum atomic E-state index is -0.204. The summed E-state index contributed by atoms with van der Waals surface area (Å²) < 4.78 is 13.6. The van der Waals surface area contributed by atoms with Gasteiger partial charge in [0.1, 0.15) is 5.82 Å². The van der Waals surface area contributed by atoms with Gasteiger partial charge in [-0.15, -0.1) is 0 Å². The third-order valence-corrected chi connectivity index (χ3v) is 3.32. The molecule has 0 atom stereocenters. The van der Waals surface area contributed by atoms with Gasteiger partial charge in [-0.05, 0) is 72.9 Å². The molecule has 1 aromatic carbocycles. The molecular formula is C15H21BrFN. The van der Waals surface area contributed by atoms with Gasteiger partial charge in [-0.25, -0.2) is 4.39 Å². The molecule has 0 amide bonds. The van der Waals surface area contributed by atoms with Gasteiger partial charge in [-0.1, -0.05) is 24.6 Å². The van der Waals surface area contributed by atoms with E-state index in [4.69, 9.17) is 0 Å². The Labute approximate surface area is 118 Å². The lowest BCUT2D eigenvalue weighted by Gasteiger charge is -2.04. The molecule has 0 spiro atoms. The Morgan fingerprint density at radius 1 is 1.39 bits per heavy atom. The van der Waals surface area contributed by atoms with Crippen molar-refractivity contribution in [2.45, 2.75) is 33.1 Å². The molecule has 0 heterocycles. The van der Waals surface area contributed by atoms with Gasteiger partial charge in [0.2, 0.25) is 0 Å². The summed E-state index contributed by atoms with van der Waals surface area (Å²) >= 11 is 3.21. The van der Waals surface area contributed by atoms with E-state index in [1.54, 1.807) is 0 Å². The first kappa shape index (κ1) is 15.4. The van der Waals surface area contributed by atoms with Crippen LogP contribution >= 0.6 is 15.9 Å². The highest BCUT2D eigenvalue weighted by atomic mass is 79.9. The zero-order valence-corrected chi connectivity index (χ0v) is 12.7. The van der Waals surface area contributed by atoms with Crippen molar-refractivity contribution in [2.24, 2.45) is 0 Å². The zero-order chi connectivity index (χ0) is 13.4. The molecule has 18 heavy (non-hydrogen) atoms. The second-order valence-electron chi connectivity index (χ2n) is 4.51. The average Bonchev–Trinajstić information content (AvgIpc) is 2.34. The Morgan fingerprint density at radius 3 is 2.83 bits per heavy atom. The minimum Gasteiger partial charge on any atom is -0.316 e. The predicted molar refractivity (Wildman–Crippen MR) is 79.3 cm³/mol. The van der Waals surface area contributed by atoms with Crippen LogP contribution in [0.15, 0.2) is 34.3 Å². The highest BCUT2D eigenvalue weighted by Crippen LogP contribution is 2.18. The summed E-state index contributed by atoms with van der Waals surface area (Å²) in [6.45, 7) is 6.40. The Bertz CT molecular complexity index is 401. The molecule has 0 aromatic heterocycles. The molecule has 1 rings (SSSR count). The fourth-order valence-electron chi connectivity index (χ4n) is 1.77. The summed E-state index contributed by atoms with van der Waals surface area (Å²) in [5.74, 6) is -0.204. The lowest BCUT2D eigenvalue weighted by atomic mass is 10.1. The quantitative estimate of drug-likeness (QED) is 0.578. The van der Waals surface area contributed by atoms with Crippen LogP contribution in [-0.2, 0) is 6.42 Å². The Kier molecular flexibility index (Phi) is 7.21. The Balaban J connectivity index is 2.40. The Morgan fingerprint density at radius 2 is 2.17 bits per heavy atom. The standard InChI is InChI=1S/C15H21BrFN/c1-3-8-18-9-4-5-12(2)10-13-6-7-15(17)14(16)11-13/h5-7,11,18H,3-4,8-10H2,1-2H3. The highest BCUT2D eigenvalue weighted by Gasteiger charge is 2.01. The van der Waals surface area contributed by atoms with Gasteiger partial charge in [0.15, 0.2) is 0 Å². The lowest BCUT2D eigenvalue weighted by Crippen LogP contribution is -2.15. The predicted octanol–water partition coefficient (Wildman–Crippen LogP) is 4.47. The molecule has 0 saturated carbocycles. The van der Waals surface area contributed by atoms with Crippen LogP contribution in [0.1, 0.15) is 32.3 Å². The van der Waals surface area contributed by atoms with Crippen molar-refractivity contribution >= 4 is 15.9 Å². The van der Waals surface area contributed by atoms with E-state index in [1.165, 1.54) is 18.1 Å². The number of allylic oxidation sites excluding steroid dienone is 1. The first-order valence-corrected chi connectivity index (χ1v) is 7.23. The largest absolute Gasteiger partial charge is 0.316 e. The SMILES string of the molecule is CCCNCCC=C(C)Cc1ccc(F)c(Br)c1. The van der Waals surface area contributed by atoms with Gasteiger partial charge < -0.3 is 5.32 Å². The van der Waals surface area contributed by atoms with Crippen LogP contribution < -0.4 is 5.32 Å². The van der Waals surface area contributed by atoms with Crippen molar-refractivity contribution in [3.05, 3.63) is 45.7 Å². The van der Waals surface area contributed by atoms with Crippen molar-refractivity contribution in [1.82, 2.24) is 5.32 Å². The van der Waals surface area contributed by atoms with Gasteiger partial charge in [-0.3, -0.25) is 0 Å². The van der Waals surface area contributed by atoms with E-state index in [0.717, 1.165) is 31.5 Å². The molecule has 0 fully saturated rings. The lowest BCUT2D eigenvalue weighted by molar-refractivity contribution is 0.620. The van der Waals surface area contributed by atoms with E-state index < -0.39 is 0 Å². The molecule has 0 aliphatic rings. The van der Waals surface area contributed by atoms with E-state index in [9.17, 15) is 4.39 Å². The minimum absolute atomic E-state index is 0.204. The van der Waals surface area contributed by atoms with Crippen LogP contribution in [0.4, 0.5) is 4.39 Å². The maximum absolute atomic E-state index is 13.1. The van der Waals surface area contributed by atoms with E-state index in [1.807, 2.05) is 12.1 Å². The summed E-state index contributed by atoms with van der Waals surface area (Å²) in [7, 11) is 0. The number of benzene rings is 1. The van der Waals surface area contributed by atoms with Crippen LogP contribution in [0.25, 0.3) is 0 Å². The number of halogens is 2. The van der Waals surface area contributed by atoms with Crippen molar-refractivity contribution < 1.29 is 4.39 Å². The molecule has 1 aromatic rings. The zero-order valence-electron chi connectivity index (χ0n) is 11.1. The van der Waals surface area contributed by atoms with Crippen LogP contribution in [-0.4, -0.2) is 13.1 Å². The van der Waals surface area contributed by atoms with Gasteiger partial charge in [0.25, 0.3) is 0 Å². The molecule has 1 nitrogen and oxygen atoms in total.